The average molecular weight is 446 g/mol. The lowest BCUT2D eigenvalue weighted by molar-refractivity contribution is -0.112. The van der Waals surface area contributed by atoms with Crippen molar-refractivity contribution >= 4 is 11.7 Å². The van der Waals surface area contributed by atoms with Crippen LogP contribution < -0.4 is 10.2 Å². The molecule has 170 valence electrons. The van der Waals surface area contributed by atoms with E-state index in [2.05, 4.69) is 0 Å². The summed E-state index contributed by atoms with van der Waals surface area (Å²) in [4.78, 5) is 40.8. The van der Waals surface area contributed by atoms with E-state index in [1.165, 1.54) is 12.3 Å². The largest absolute Gasteiger partial charge is 0.488 e. The van der Waals surface area contributed by atoms with Gasteiger partial charge in [0.05, 0.1) is 25.3 Å². The third kappa shape index (κ3) is 3.92. The summed E-state index contributed by atoms with van der Waals surface area (Å²) in [6.07, 6.45) is 1.41. The van der Waals surface area contributed by atoms with Gasteiger partial charge in [0.25, 0.3) is 5.91 Å². The zero-order chi connectivity index (χ0) is 23.0. The van der Waals surface area contributed by atoms with Gasteiger partial charge in [0, 0.05) is 24.7 Å². The monoisotopic (exact) mass is 446 g/mol. The Hall–Kier alpha value is -3.07. The minimum absolute atomic E-state index is 0.00602. The van der Waals surface area contributed by atoms with Crippen molar-refractivity contribution in [1.29, 1.82) is 0 Å². The molecule has 1 aromatic heterocycles. The number of aryl methyl sites for hydroxylation is 1. The fourth-order valence-electron chi connectivity index (χ4n) is 4.23. The Morgan fingerprint density at radius 3 is 2.78 bits per heavy atom. The summed E-state index contributed by atoms with van der Waals surface area (Å²) >= 11 is 0. The van der Waals surface area contributed by atoms with Gasteiger partial charge >= 0.3 is 0 Å². The van der Waals surface area contributed by atoms with E-state index in [9.17, 15) is 23.2 Å². The van der Waals surface area contributed by atoms with Crippen LogP contribution in [0, 0.1) is 11.6 Å². The number of hydrogen-bond acceptors (Lipinski definition) is 5. The van der Waals surface area contributed by atoms with Crippen molar-refractivity contribution < 1.29 is 27.8 Å². The van der Waals surface area contributed by atoms with Crippen LogP contribution in [0.25, 0.3) is 0 Å². The molecule has 2 aliphatic heterocycles. The normalized spacial score (nSPS) is 20.0. The highest BCUT2D eigenvalue weighted by molar-refractivity contribution is 6.00. The van der Waals surface area contributed by atoms with Gasteiger partial charge in [-0.15, -0.1) is 0 Å². The molecule has 0 bridgehead atoms. The average Bonchev–Trinajstić information content (AvgIpc) is 2.75. The van der Waals surface area contributed by atoms with E-state index in [0.29, 0.717) is 13.0 Å². The molecule has 32 heavy (non-hydrogen) atoms. The SMILES string of the molecule is CCOc1c2n(cc(C(=O)CCc3ccc(F)cc3F)c1=O)C[C@@H]1OCC[C@@H](C)N1C2=O. The Bertz CT molecular complexity index is 1130. The molecule has 2 aliphatic rings. The maximum Gasteiger partial charge on any atom is 0.276 e. The van der Waals surface area contributed by atoms with Crippen LogP contribution >= 0.6 is 0 Å². The molecule has 1 saturated heterocycles. The Labute approximate surface area is 183 Å². The van der Waals surface area contributed by atoms with Crippen LogP contribution in [0.1, 0.15) is 53.1 Å². The van der Waals surface area contributed by atoms with Gasteiger partial charge in [-0.25, -0.2) is 8.78 Å². The summed E-state index contributed by atoms with van der Waals surface area (Å²) in [5.74, 6) is -2.49. The zero-order valence-electron chi connectivity index (χ0n) is 17.9. The molecule has 7 nitrogen and oxygen atoms in total. The number of hydrogen-bond donors (Lipinski definition) is 0. The summed E-state index contributed by atoms with van der Waals surface area (Å²) in [5, 5.41) is 0. The number of ketones is 1. The molecule has 1 amide bonds. The number of nitrogens with zero attached hydrogens (tertiary/aromatic N) is 2. The molecule has 2 atom stereocenters. The number of rotatable bonds is 6. The number of pyridine rings is 1. The van der Waals surface area contributed by atoms with Gasteiger partial charge in [-0.05, 0) is 38.3 Å². The predicted octanol–water partition coefficient (Wildman–Crippen LogP) is 2.93. The van der Waals surface area contributed by atoms with Crippen molar-refractivity contribution in [2.45, 2.75) is 51.9 Å². The zero-order valence-corrected chi connectivity index (χ0v) is 17.9. The number of carbonyl (C=O) groups excluding carboxylic acids is 2. The van der Waals surface area contributed by atoms with Crippen LogP contribution in [0.5, 0.6) is 5.75 Å². The molecule has 0 saturated carbocycles. The summed E-state index contributed by atoms with van der Waals surface area (Å²) in [7, 11) is 0. The smallest absolute Gasteiger partial charge is 0.276 e. The minimum Gasteiger partial charge on any atom is -0.488 e. The summed E-state index contributed by atoms with van der Waals surface area (Å²) in [5.41, 5.74) is -0.519. The molecule has 0 unspecified atom stereocenters. The molecule has 2 aromatic rings. The van der Waals surface area contributed by atoms with Crippen molar-refractivity contribution in [3.05, 3.63) is 63.1 Å². The van der Waals surface area contributed by atoms with Gasteiger partial charge in [-0.3, -0.25) is 14.4 Å². The van der Waals surface area contributed by atoms with Gasteiger partial charge in [-0.2, -0.15) is 0 Å². The summed E-state index contributed by atoms with van der Waals surface area (Å²) in [6, 6.07) is 3.10. The molecule has 1 aromatic carbocycles. The molecule has 4 rings (SSSR count). The number of Topliss-reactive ketones (excluding diaryl/α,β-unsaturated/α-hetero) is 1. The van der Waals surface area contributed by atoms with Crippen LogP contribution in [-0.2, 0) is 17.7 Å². The number of amides is 1. The standard InChI is InChI=1S/C23H24F2N2O5/c1-3-31-22-20-23(30)27-13(2)8-9-32-19(27)12-26(20)11-16(21(22)29)18(28)7-5-14-4-6-15(24)10-17(14)25/h4,6,10-11,13,19H,3,5,7-9,12H2,1-2H3/t13-,19+/m1/s1. The number of ether oxygens (including phenoxy) is 2. The molecular formula is C23H24F2N2O5. The molecule has 0 spiro atoms. The van der Waals surface area contributed by atoms with Crippen LogP contribution in [0.2, 0.25) is 0 Å². The predicted molar refractivity (Wildman–Crippen MR) is 111 cm³/mol. The first-order valence-corrected chi connectivity index (χ1v) is 10.6. The highest BCUT2D eigenvalue weighted by atomic mass is 19.1. The first kappa shape index (κ1) is 22.1. The van der Waals surface area contributed by atoms with Gasteiger partial charge < -0.3 is 18.9 Å². The van der Waals surface area contributed by atoms with Crippen molar-refractivity contribution in [3.8, 4) is 5.75 Å². The molecular weight excluding hydrogens is 422 g/mol. The van der Waals surface area contributed by atoms with E-state index in [4.69, 9.17) is 9.47 Å². The van der Waals surface area contributed by atoms with Gasteiger partial charge in [0.2, 0.25) is 5.43 Å². The topological polar surface area (TPSA) is 77.8 Å². The fraction of sp³-hybridized carbons (Fsp3) is 0.435. The highest BCUT2D eigenvalue weighted by Gasteiger charge is 2.41. The Balaban J connectivity index is 1.68. The van der Waals surface area contributed by atoms with Crippen molar-refractivity contribution in [2.75, 3.05) is 13.2 Å². The first-order chi connectivity index (χ1) is 15.3. The Kier molecular flexibility index (Phi) is 6.10. The van der Waals surface area contributed by atoms with E-state index >= 15 is 0 Å². The number of carbonyl (C=O) groups is 2. The third-order valence-electron chi connectivity index (χ3n) is 5.88. The maximum absolute atomic E-state index is 13.9. The number of fused-ring (bicyclic) bond motifs is 2. The molecule has 3 heterocycles. The van der Waals surface area contributed by atoms with E-state index in [-0.39, 0.29) is 60.5 Å². The van der Waals surface area contributed by atoms with E-state index in [0.717, 1.165) is 12.1 Å². The number of aromatic nitrogens is 1. The molecule has 0 radical (unpaired) electrons. The molecule has 0 aliphatic carbocycles. The van der Waals surface area contributed by atoms with Gasteiger partial charge in [0.1, 0.15) is 11.6 Å². The lowest BCUT2D eigenvalue weighted by Crippen LogP contribution is -2.57. The lowest BCUT2D eigenvalue weighted by Gasteiger charge is -2.44. The third-order valence-corrected chi connectivity index (χ3v) is 5.88. The van der Waals surface area contributed by atoms with E-state index in [1.807, 2.05) is 6.92 Å². The van der Waals surface area contributed by atoms with Crippen molar-refractivity contribution in [3.63, 3.8) is 0 Å². The summed E-state index contributed by atoms with van der Waals surface area (Å²) < 4.78 is 39.8. The number of halogens is 2. The fourth-order valence-corrected chi connectivity index (χ4v) is 4.23. The highest BCUT2D eigenvalue weighted by Crippen LogP contribution is 2.30. The Morgan fingerprint density at radius 2 is 2.06 bits per heavy atom. The summed E-state index contributed by atoms with van der Waals surface area (Å²) in [6.45, 7) is 4.53. The van der Waals surface area contributed by atoms with Crippen LogP contribution in [-0.4, -0.2) is 46.6 Å². The minimum atomic E-state index is -0.746. The first-order valence-electron chi connectivity index (χ1n) is 10.6. The van der Waals surface area contributed by atoms with Crippen LogP contribution in [0.3, 0.4) is 0 Å². The maximum atomic E-state index is 13.9. The molecule has 0 N–H and O–H groups in total. The van der Waals surface area contributed by atoms with Crippen LogP contribution in [0.15, 0.2) is 29.2 Å². The van der Waals surface area contributed by atoms with Crippen molar-refractivity contribution in [1.82, 2.24) is 9.47 Å². The van der Waals surface area contributed by atoms with Crippen LogP contribution in [0.4, 0.5) is 8.78 Å². The Morgan fingerprint density at radius 1 is 1.28 bits per heavy atom. The van der Waals surface area contributed by atoms with Gasteiger partial charge in [0.15, 0.2) is 23.5 Å². The van der Waals surface area contributed by atoms with Crippen molar-refractivity contribution in [2.24, 2.45) is 0 Å². The molecule has 1 fully saturated rings. The second-order valence-corrected chi connectivity index (χ2v) is 7.97. The second kappa shape index (κ2) is 8.82. The lowest BCUT2D eigenvalue weighted by atomic mass is 10.0. The quantitative estimate of drug-likeness (QED) is 0.638. The number of benzene rings is 1. The molecule has 9 heteroatoms. The van der Waals surface area contributed by atoms with E-state index in [1.54, 1.807) is 16.4 Å². The second-order valence-electron chi connectivity index (χ2n) is 7.97. The van der Waals surface area contributed by atoms with E-state index < -0.39 is 29.1 Å². The van der Waals surface area contributed by atoms with Gasteiger partial charge in [-0.1, -0.05) is 6.07 Å².